The first kappa shape index (κ1) is 68.8. The summed E-state index contributed by atoms with van der Waals surface area (Å²) in [5, 5.41) is 23.2. The van der Waals surface area contributed by atoms with Gasteiger partial charge < -0.3 is 20.3 Å². The van der Waals surface area contributed by atoms with Crippen LogP contribution in [0.3, 0.4) is 0 Å². The number of allylic oxidation sites excluding steroid dienone is 7. The second-order valence-electron chi connectivity index (χ2n) is 21.4. The zero-order valence-corrected chi connectivity index (χ0v) is 47.5. The predicted octanol–water partition coefficient (Wildman–Crippen LogP) is 19.7. The van der Waals surface area contributed by atoms with Gasteiger partial charge in [-0.2, -0.15) is 0 Å². The fourth-order valence-corrected chi connectivity index (χ4v) is 9.48. The molecule has 0 spiro atoms. The van der Waals surface area contributed by atoms with E-state index in [9.17, 15) is 19.8 Å². The van der Waals surface area contributed by atoms with Crippen LogP contribution in [-0.2, 0) is 14.3 Å². The molecule has 0 heterocycles. The SMILES string of the molecule is CCCCCCC/C=C\CCCCCCCC(=O)OCCCCC/C=C\C/C=C\CCCCCCCCCC(=O)NC(CO)C(O)/C=C/CCCCCCCCCCCCCCCCCCCCCCC. The maximum atomic E-state index is 12.5. The van der Waals surface area contributed by atoms with Crippen molar-refractivity contribution < 1.29 is 24.5 Å². The Kier molecular flexibility index (Phi) is 58.5. The summed E-state index contributed by atoms with van der Waals surface area (Å²) in [4.78, 5) is 24.5. The van der Waals surface area contributed by atoms with E-state index in [1.807, 2.05) is 6.08 Å². The molecule has 0 aliphatic heterocycles. The molecule has 0 aromatic rings. The Hall–Kier alpha value is -2.18. The van der Waals surface area contributed by atoms with Crippen LogP contribution in [0.4, 0.5) is 0 Å². The summed E-state index contributed by atoms with van der Waals surface area (Å²) in [5.41, 5.74) is 0. The van der Waals surface area contributed by atoms with E-state index >= 15 is 0 Å². The molecule has 0 rings (SSSR count). The van der Waals surface area contributed by atoms with Crippen LogP contribution in [0.2, 0.25) is 0 Å². The van der Waals surface area contributed by atoms with Crippen LogP contribution in [0.25, 0.3) is 0 Å². The third-order valence-electron chi connectivity index (χ3n) is 14.3. The van der Waals surface area contributed by atoms with Crippen molar-refractivity contribution in [3.8, 4) is 0 Å². The Balaban J connectivity index is 3.53. The van der Waals surface area contributed by atoms with Gasteiger partial charge in [0, 0.05) is 12.8 Å². The van der Waals surface area contributed by atoms with Crippen LogP contribution in [-0.4, -0.2) is 47.4 Å². The Morgan fingerprint density at radius 3 is 1.08 bits per heavy atom. The van der Waals surface area contributed by atoms with E-state index in [0.717, 1.165) is 83.5 Å². The number of hydrogen-bond acceptors (Lipinski definition) is 5. The van der Waals surface area contributed by atoms with E-state index in [1.165, 1.54) is 218 Å². The minimum atomic E-state index is -0.857. The van der Waals surface area contributed by atoms with Crippen LogP contribution < -0.4 is 5.32 Å². The lowest BCUT2D eigenvalue weighted by molar-refractivity contribution is -0.143. The van der Waals surface area contributed by atoms with E-state index in [2.05, 4.69) is 55.6 Å². The van der Waals surface area contributed by atoms with Crippen molar-refractivity contribution in [2.24, 2.45) is 0 Å². The molecule has 0 radical (unpaired) electrons. The number of nitrogens with one attached hydrogen (secondary N) is 1. The predicted molar refractivity (Wildman–Crippen MR) is 310 cm³/mol. The first-order chi connectivity index (χ1) is 35.0. The Morgan fingerprint density at radius 1 is 0.394 bits per heavy atom. The van der Waals surface area contributed by atoms with Gasteiger partial charge in [-0.25, -0.2) is 0 Å². The molecule has 0 saturated heterocycles. The quantitative estimate of drug-likeness (QED) is 0.0321. The van der Waals surface area contributed by atoms with Crippen molar-refractivity contribution >= 4 is 11.9 Å². The van der Waals surface area contributed by atoms with Gasteiger partial charge in [-0.1, -0.05) is 268 Å². The number of aliphatic hydroxyl groups excluding tert-OH is 2. The molecule has 6 heteroatoms. The van der Waals surface area contributed by atoms with Crippen LogP contribution in [0.1, 0.15) is 328 Å². The van der Waals surface area contributed by atoms with Crippen molar-refractivity contribution in [1.82, 2.24) is 5.32 Å². The molecule has 2 atom stereocenters. The second-order valence-corrected chi connectivity index (χ2v) is 21.4. The zero-order valence-electron chi connectivity index (χ0n) is 47.5. The molecule has 71 heavy (non-hydrogen) atoms. The van der Waals surface area contributed by atoms with Crippen molar-refractivity contribution in [2.75, 3.05) is 13.2 Å². The van der Waals surface area contributed by atoms with Gasteiger partial charge in [0.05, 0.1) is 25.4 Å². The smallest absolute Gasteiger partial charge is 0.305 e. The fraction of sp³-hybridized carbons (Fsp3) is 0.846. The van der Waals surface area contributed by atoms with Gasteiger partial charge in [0.2, 0.25) is 5.91 Å². The zero-order chi connectivity index (χ0) is 51.4. The number of rotatable bonds is 58. The summed E-state index contributed by atoms with van der Waals surface area (Å²) in [6.07, 6.45) is 77.2. The number of ether oxygens (including phenoxy) is 1. The molecule has 0 aromatic carbocycles. The highest BCUT2D eigenvalue weighted by Crippen LogP contribution is 2.17. The van der Waals surface area contributed by atoms with E-state index in [4.69, 9.17) is 4.74 Å². The number of carbonyl (C=O) groups is 2. The van der Waals surface area contributed by atoms with Crippen LogP contribution >= 0.6 is 0 Å². The van der Waals surface area contributed by atoms with Gasteiger partial charge >= 0.3 is 5.97 Å². The maximum absolute atomic E-state index is 12.5. The lowest BCUT2D eigenvalue weighted by Crippen LogP contribution is -2.45. The number of unbranched alkanes of at least 4 members (excludes halogenated alkanes) is 41. The fourth-order valence-electron chi connectivity index (χ4n) is 9.48. The number of esters is 1. The Labute approximate surface area is 442 Å². The first-order valence-electron chi connectivity index (χ1n) is 31.4. The summed E-state index contributed by atoms with van der Waals surface area (Å²) in [7, 11) is 0. The highest BCUT2D eigenvalue weighted by molar-refractivity contribution is 5.76. The van der Waals surface area contributed by atoms with Crippen LogP contribution in [0.5, 0.6) is 0 Å². The number of aliphatic hydroxyl groups is 2. The molecule has 3 N–H and O–H groups in total. The summed E-state index contributed by atoms with van der Waals surface area (Å²) in [6.45, 7) is 4.86. The number of hydrogen-bond donors (Lipinski definition) is 3. The van der Waals surface area contributed by atoms with E-state index < -0.39 is 12.1 Å². The van der Waals surface area contributed by atoms with Gasteiger partial charge in [0.15, 0.2) is 0 Å². The molecule has 0 aliphatic carbocycles. The van der Waals surface area contributed by atoms with Crippen molar-refractivity contribution in [1.29, 1.82) is 0 Å². The largest absolute Gasteiger partial charge is 0.466 e. The topological polar surface area (TPSA) is 95.9 Å². The van der Waals surface area contributed by atoms with Gasteiger partial charge in [0.25, 0.3) is 0 Å². The van der Waals surface area contributed by atoms with Crippen molar-refractivity contribution in [2.45, 2.75) is 341 Å². The van der Waals surface area contributed by atoms with Crippen molar-refractivity contribution in [3.05, 3.63) is 48.6 Å². The molecular weight excluding hydrogens is 875 g/mol. The van der Waals surface area contributed by atoms with Crippen LogP contribution in [0, 0.1) is 0 Å². The molecule has 0 aliphatic rings. The van der Waals surface area contributed by atoms with Gasteiger partial charge in [-0.3, -0.25) is 9.59 Å². The molecule has 0 bridgehead atoms. The van der Waals surface area contributed by atoms with E-state index in [0.29, 0.717) is 19.4 Å². The Morgan fingerprint density at radius 2 is 0.704 bits per heavy atom. The molecule has 6 nitrogen and oxygen atoms in total. The second kappa shape index (κ2) is 60.4. The maximum Gasteiger partial charge on any atom is 0.305 e. The summed E-state index contributed by atoms with van der Waals surface area (Å²) in [6, 6.07) is -0.642. The van der Waals surface area contributed by atoms with Gasteiger partial charge in [-0.05, 0) is 96.3 Å². The minimum absolute atomic E-state index is 0.0249. The summed E-state index contributed by atoms with van der Waals surface area (Å²) >= 11 is 0. The molecule has 2 unspecified atom stereocenters. The monoisotopic (exact) mass is 996 g/mol. The summed E-state index contributed by atoms with van der Waals surface area (Å²) < 4.78 is 5.45. The Bertz CT molecular complexity index is 1190. The number of carbonyl (C=O) groups excluding carboxylic acids is 2. The van der Waals surface area contributed by atoms with Crippen LogP contribution in [0.15, 0.2) is 48.6 Å². The average Bonchev–Trinajstić information content (AvgIpc) is 3.37. The highest BCUT2D eigenvalue weighted by atomic mass is 16.5. The summed E-state index contributed by atoms with van der Waals surface area (Å²) in [5.74, 6) is -0.107. The third kappa shape index (κ3) is 57.0. The highest BCUT2D eigenvalue weighted by Gasteiger charge is 2.18. The molecule has 0 aromatic heterocycles. The molecule has 1 amide bonds. The minimum Gasteiger partial charge on any atom is -0.466 e. The third-order valence-corrected chi connectivity index (χ3v) is 14.3. The molecule has 0 saturated carbocycles. The molecule has 416 valence electrons. The lowest BCUT2D eigenvalue weighted by atomic mass is 10.0. The number of amides is 1. The van der Waals surface area contributed by atoms with Gasteiger partial charge in [-0.15, -0.1) is 0 Å². The van der Waals surface area contributed by atoms with E-state index in [-0.39, 0.29) is 18.5 Å². The van der Waals surface area contributed by atoms with Crippen molar-refractivity contribution in [3.63, 3.8) is 0 Å². The molecular formula is C65H121NO5. The normalized spacial score (nSPS) is 12.9. The van der Waals surface area contributed by atoms with E-state index in [1.54, 1.807) is 6.08 Å². The first-order valence-corrected chi connectivity index (χ1v) is 31.4. The average molecular weight is 997 g/mol. The lowest BCUT2D eigenvalue weighted by Gasteiger charge is -2.20. The standard InChI is InChI=1S/C65H121NO5/c1-3-5-7-9-11-13-15-17-19-20-21-22-23-24-25-27-30-33-37-41-45-49-53-57-63(68)62(61-67)66-64(69)58-54-50-46-42-38-34-31-28-26-29-32-36-40-44-48-52-56-60-71-65(70)59-55-51-47-43-39-35-18-16-14-12-10-8-6-4-2/h16,18,26,29,36,40,53,57,62-63,67-68H,3-15,17,19-25,27-28,30-35,37-39,41-52,54-56,58-61H2,1-2H3,(H,66,69)/b18-16-,29-26-,40-36-,57-53+. The molecule has 0 fully saturated rings. The van der Waals surface area contributed by atoms with Gasteiger partial charge in [0.1, 0.15) is 0 Å².